The van der Waals surface area contributed by atoms with E-state index in [1.807, 2.05) is 12.1 Å². The summed E-state index contributed by atoms with van der Waals surface area (Å²) in [6.07, 6.45) is 3.45. The van der Waals surface area contributed by atoms with Gasteiger partial charge in [0.1, 0.15) is 17.6 Å². The van der Waals surface area contributed by atoms with Crippen molar-refractivity contribution in [2.75, 3.05) is 32.9 Å². The number of carbonyl (C=O) groups is 3. The molecule has 40 heavy (non-hydrogen) atoms. The summed E-state index contributed by atoms with van der Waals surface area (Å²) in [5.74, 6) is -0.553. The van der Waals surface area contributed by atoms with Crippen LogP contribution in [-0.2, 0) is 30.4 Å². The molecule has 0 bridgehead atoms. The average molecular weight is 570 g/mol. The highest BCUT2D eigenvalue weighted by Crippen LogP contribution is 2.40. The quantitative estimate of drug-likeness (QED) is 0.173. The summed E-state index contributed by atoms with van der Waals surface area (Å²) < 4.78 is 17.3. The molecule has 3 amide bonds. The minimum absolute atomic E-state index is 0.0353. The predicted octanol–water partition coefficient (Wildman–Crippen LogP) is 1.85. The zero-order valence-corrected chi connectivity index (χ0v) is 23.1. The Bertz CT molecular complexity index is 1240. The fourth-order valence-electron chi connectivity index (χ4n) is 4.99. The minimum Gasteiger partial charge on any atom is -0.494 e. The van der Waals surface area contributed by atoms with Gasteiger partial charge in [0, 0.05) is 28.7 Å². The van der Waals surface area contributed by atoms with Gasteiger partial charge in [0.2, 0.25) is 17.7 Å². The molecule has 1 spiro atoms. The van der Waals surface area contributed by atoms with Crippen molar-refractivity contribution in [3.63, 3.8) is 0 Å². The van der Waals surface area contributed by atoms with Gasteiger partial charge in [-0.3, -0.25) is 19.8 Å². The van der Waals surface area contributed by atoms with Crippen molar-refractivity contribution in [3.8, 4) is 5.75 Å². The first-order chi connectivity index (χ1) is 19.3. The third-order valence-corrected chi connectivity index (χ3v) is 8.25. The molecule has 0 radical (unpaired) electrons. The van der Waals surface area contributed by atoms with Crippen molar-refractivity contribution in [1.29, 1.82) is 5.41 Å². The molecule has 2 saturated heterocycles. The Kier molecular flexibility index (Phi) is 8.67. The summed E-state index contributed by atoms with van der Waals surface area (Å²) in [6, 6.07) is 9.06. The van der Waals surface area contributed by atoms with Crippen molar-refractivity contribution < 1.29 is 28.6 Å². The Balaban J connectivity index is 1.07. The van der Waals surface area contributed by atoms with Crippen LogP contribution in [0.4, 0.5) is 0 Å². The van der Waals surface area contributed by atoms with Gasteiger partial charge in [0.15, 0.2) is 5.79 Å². The summed E-state index contributed by atoms with van der Waals surface area (Å²) in [6.45, 7) is 1.31. The first-order valence-corrected chi connectivity index (χ1v) is 14.5. The smallest absolute Gasteiger partial charge is 0.243 e. The Morgan fingerprint density at radius 2 is 1.90 bits per heavy atom. The van der Waals surface area contributed by atoms with E-state index in [0.717, 1.165) is 10.6 Å². The summed E-state index contributed by atoms with van der Waals surface area (Å²) in [5, 5.41) is 14.8. The zero-order valence-electron chi connectivity index (χ0n) is 22.3. The number of nitrogens with one attached hydrogen (secondary N) is 3. The molecule has 1 aliphatic carbocycles. The van der Waals surface area contributed by atoms with Crippen LogP contribution in [0.5, 0.6) is 5.75 Å². The van der Waals surface area contributed by atoms with Crippen molar-refractivity contribution in [2.24, 2.45) is 5.73 Å². The Morgan fingerprint density at radius 3 is 2.58 bits per heavy atom. The van der Waals surface area contributed by atoms with Crippen LogP contribution in [0, 0.1) is 5.41 Å². The van der Waals surface area contributed by atoms with Gasteiger partial charge in [-0.2, -0.15) is 0 Å². The van der Waals surface area contributed by atoms with Crippen LogP contribution in [-0.4, -0.2) is 73.2 Å². The molecule has 5 rings (SSSR count). The summed E-state index contributed by atoms with van der Waals surface area (Å²) in [4.78, 5) is 40.9. The molecule has 1 aromatic carbocycles. The van der Waals surface area contributed by atoms with E-state index in [0.29, 0.717) is 37.7 Å². The first-order valence-electron chi connectivity index (χ1n) is 13.6. The summed E-state index contributed by atoms with van der Waals surface area (Å²) in [7, 11) is 0. The molecule has 5 N–H and O–H groups in total. The number of ether oxygens (including phenoxy) is 3. The number of carbonyl (C=O) groups excluding carboxylic acids is 3. The number of nitrogens with zero attached hydrogens (tertiary/aromatic N) is 1. The lowest BCUT2D eigenvalue weighted by Crippen LogP contribution is -2.49. The van der Waals surface area contributed by atoms with E-state index < -0.39 is 11.8 Å². The maximum absolute atomic E-state index is 13.1. The van der Waals surface area contributed by atoms with Crippen LogP contribution >= 0.6 is 11.3 Å². The van der Waals surface area contributed by atoms with Gasteiger partial charge in [-0.25, -0.2) is 0 Å². The number of likely N-dealkylation sites (tertiary alicyclic amines) is 1. The number of hydrogen-bond donors (Lipinski definition) is 4. The molecule has 2 aliphatic heterocycles. The lowest BCUT2D eigenvalue weighted by atomic mass is 10.1. The molecule has 1 saturated carbocycles. The molecule has 1 atom stereocenters. The van der Waals surface area contributed by atoms with Gasteiger partial charge in [0.25, 0.3) is 0 Å². The number of nitrogen functional groups attached to an aromatic ring is 1. The monoisotopic (exact) mass is 569 g/mol. The molecule has 12 heteroatoms. The first kappa shape index (κ1) is 28.1. The molecule has 214 valence electrons. The van der Waals surface area contributed by atoms with E-state index in [1.165, 1.54) is 34.6 Å². The van der Waals surface area contributed by atoms with Gasteiger partial charge >= 0.3 is 0 Å². The van der Waals surface area contributed by atoms with Crippen molar-refractivity contribution in [3.05, 3.63) is 51.7 Å². The number of hydrogen-bond acceptors (Lipinski definition) is 8. The topological polar surface area (TPSA) is 156 Å². The van der Waals surface area contributed by atoms with E-state index in [2.05, 4.69) is 22.8 Å². The van der Waals surface area contributed by atoms with Crippen LogP contribution in [0.15, 0.2) is 35.7 Å². The molecule has 1 aromatic heterocycles. The van der Waals surface area contributed by atoms with E-state index in [1.54, 1.807) is 11.4 Å². The number of amidine groups is 1. The van der Waals surface area contributed by atoms with E-state index in [-0.39, 0.29) is 56.0 Å². The highest BCUT2D eigenvalue weighted by molar-refractivity contribution is 7.10. The van der Waals surface area contributed by atoms with E-state index >= 15 is 0 Å². The Morgan fingerprint density at radius 1 is 1.15 bits per heavy atom. The Labute approximate surface area is 236 Å². The van der Waals surface area contributed by atoms with Crippen LogP contribution in [0.3, 0.4) is 0 Å². The normalized spacial score (nSPS) is 19.5. The fourth-order valence-corrected chi connectivity index (χ4v) is 5.81. The average Bonchev–Trinajstić information content (AvgIpc) is 3.34. The number of rotatable bonds is 12. The predicted molar refractivity (Wildman–Crippen MR) is 148 cm³/mol. The zero-order chi connectivity index (χ0) is 28.1. The molecule has 2 aromatic rings. The van der Waals surface area contributed by atoms with Crippen LogP contribution in [0.2, 0.25) is 0 Å². The van der Waals surface area contributed by atoms with Crippen molar-refractivity contribution in [1.82, 2.24) is 15.5 Å². The van der Waals surface area contributed by atoms with Crippen LogP contribution < -0.4 is 21.1 Å². The molecule has 11 nitrogen and oxygen atoms in total. The number of thiophene rings is 1. The van der Waals surface area contributed by atoms with Gasteiger partial charge in [0.05, 0.1) is 39.5 Å². The highest BCUT2D eigenvalue weighted by atomic mass is 32.1. The molecule has 0 unspecified atom stereocenters. The molecular weight excluding hydrogens is 534 g/mol. The van der Waals surface area contributed by atoms with Crippen molar-refractivity contribution >= 4 is 34.9 Å². The third kappa shape index (κ3) is 6.98. The standard InChI is InChI=1S/C28H35N5O6S/c29-26(30)20-12-22(40-16-20)14-32-27(36)23-13-28(38-10-11-39-28)17-33(23)25(35)15-31-24(34)2-1-9-37-21-7-5-19(6-8-21)18-3-4-18/h5-8,12,16,18,23H,1-4,9-11,13-15,17H2,(H3,29,30)(H,31,34)(H,32,36)/t23-/m0/s1. The maximum atomic E-state index is 13.1. The van der Waals surface area contributed by atoms with Gasteiger partial charge in [-0.1, -0.05) is 12.1 Å². The second-order valence-electron chi connectivity index (χ2n) is 10.4. The lowest BCUT2D eigenvalue weighted by molar-refractivity contribution is -0.152. The molecular formula is C28H35N5O6S. The number of benzene rings is 1. The van der Waals surface area contributed by atoms with Crippen LogP contribution in [0.1, 0.15) is 54.0 Å². The second-order valence-corrected chi connectivity index (χ2v) is 11.4. The fraction of sp³-hybridized carbons (Fsp3) is 0.500. The molecule has 3 fully saturated rings. The number of amides is 3. The lowest BCUT2D eigenvalue weighted by Gasteiger charge is -2.24. The van der Waals surface area contributed by atoms with Crippen LogP contribution in [0.25, 0.3) is 0 Å². The summed E-state index contributed by atoms with van der Waals surface area (Å²) in [5.41, 5.74) is 7.46. The summed E-state index contributed by atoms with van der Waals surface area (Å²) >= 11 is 1.39. The third-order valence-electron chi connectivity index (χ3n) is 7.31. The van der Waals surface area contributed by atoms with Gasteiger partial charge in [-0.05, 0) is 48.9 Å². The molecule has 3 aliphatic rings. The van der Waals surface area contributed by atoms with E-state index in [4.69, 9.17) is 25.4 Å². The minimum atomic E-state index is -1.01. The highest BCUT2D eigenvalue weighted by Gasteiger charge is 2.52. The number of nitrogens with two attached hydrogens (primary N) is 1. The second kappa shape index (κ2) is 12.4. The Hall–Kier alpha value is -3.48. The van der Waals surface area contributed by atoms with E-state index in [9.17, 15) is 14.4 Å². The largest absolute Gasteiger partial charge is 0.494 e. The maximum Gasteiger partial charge on any atom is 0.243 e. The molecule has 3 heterocycles. The SMILES string of the molecule is N=C(N)c1csc(CNC(=O)[C@@H]2CC3(CN2C(=O)CNC(=O)CCCOc2ccc(C4CC4)cc2)OCCO3)c1. The van der Waals surface area contributed by atoms with Gasteiger partial charge in [-0.15, -0.1) is 11.3 Å². The van der Waals surface area contributed by atoms with Gasteiger partial charge < -0.3 is 35.5 Å². The van der Waals surface area contributed by atoms with Crippen molar-refractivity contribution in [2.45, 2.75) is 56.4 Å².